The Morgan fingerprint density at radius 2 is 2.11 bits per heavy atom. The van der Waals surface area contributed by atoms with Crippen molar-refractivity contribution >= 4 is 33.5 Å². The molecule has 7 nitrogen and oxygen atoms in total. The number of nitrogens with zero attached hydrogens (tertiary/aromatic N) is 5. The maximum Gasteiger partial charge on any atom is 0.146 e. The van der Waals surface area contributed by atoms with Crippen LogP contribution >= 0.6 is 11.6 Å². The minimum absolute atomic E-state index is 0.0193. The van der Waals surface area contributed by atoms with Crippen molar-refractivity contribution in [1.82, 2.24) is 24.5 Å². The maximum absolute atomic E-state index is 6.17. The fraction of sp³-hybridized carbons (Fsp3) is 0.263. The Morgan fingerprint density at radius 1 is 1.15 bits per heavy atom. The van der Waals surface area contributed by atoms with Crippen LogP contribution in [0.1, 0.15) is 19.1 Å². The molecular weight excluding hydrogens is 366 g/mol. The number of fused-ring (bicyclic) bond motifs is 2. The molecule has 5 rings (SSSR count). The molecule has 1 saturated heterocycles. The second-order valence-electron chi connectivity index (χ2n) is 6.47. The van der Waals surface area contributed by atoms with E-state index in [1.165, 1.54) is 12.7 Å². The van der Waals surface area contributed by atoms with Crippen molar-refractivity contribution in [2.75, 3.05) is 6.61 Å². The second-order valence-corrected chi connectivity index (χ2v) is 6.83. The van der Waals surface area contributed by atoms with Gasteiger partial charge in [0, 0.05) is 23.8 Å². The zero-order valence-electron chi connectivity index (χ0n) is 14.3. The summed E-state index contributed by atoms with van der Waals surface area (Å²) in [5, 5.41) is 2.28. The highest BCUT2D eigenvalue weighted by molar-refractivity contribution is 6.33. The van der Waals surface area contributed by atoms with Crippen LogP contribution in [0.5, 0.6) is 5.75 Å². The number of hydrogen-bond donors (Lipinski definition) is 0. The van der Waals surface area contributed by atoms with Gasteiger partial charge in [-0.2, -0.15) is 0 Å². The van der Waals surface area contributed by atoms with Gasteiger partial charge in [-0.05, 0) is 31.0 Å². The quantitative estimate of drug-likeness (QED) is 0.501. The third-order valence-corrected chi connectivity index (χ3v) is 5.07. The summed E-state index contributed by atoms with van der Waals surface area (Å²) >= 11 is 6.13. The molecule has 4 heterocycles. The van der Waals surface area contributed by atoms with Gasteiger partial charge in [0.2, 0.25) is 0 Å². The van der Waals surface area contributed by atoms with Gasteiger partial charge in [0.25, 0.3) is 0 Å². The minimum atomic E-state index is -0.0774. The second kappa shape index (κ2) is 6.75. The Morgan fingerprint density at radius 3 is 3.07 bits per heavy atom. The third-order valence-electron chi connectivity index (χ3n) is 4.77. The van der Waals surface area contributed by atoms with E-state index in [2.05, 4.69) is 19.9 Å². The number of aromatic nitrogens is 5. The van der Waals surface area contributed by atoms with Crippen molar-refractivity contribution in [3.8, 4) is 5.75 Å². The standard InChI is InChI=1S/C19H16ClN5O2/c20-18-15-5-6-25(19(15)24-11-23-18)17-4-3-14(27-17)9-26-13-2-1-12-8-21-10-22-16(12)7-13/h1-2,5-8,10-11,14,17H,3-4,9H2/t14-,17+/m0/s1. The van der Waals surface area contributed by atoms with E-state index < -0.39 is 0 Å². The Kier molecular flexibility index (Phi) is 4.10. The Labute approximate surface area is 159 Å². The highest BCUT2D eigenvalue weighted by Gasteiger charge is 2.28. The summed E-state index contributed by atoms with van der Waals surface area (Å²) in [6.45, 7) is 0.488. The first kappa shape index (κ1) is 16.4. The topological polar surface area (TPSA) is 75.0 Å². The van der Waals surface area contributed by atoms with Crippen LogP contribution in [0.2, 0.25) is 5.15 Å². The molecule has 136 valence electrons. The van der Waals surface area contributed by atoms with Crippen LogP contribution in [-0.4, -0.2) is 37.2 Å². The average Bonchev–Trinajstić information content (AvgIpc) is 3.33. The summed E-state index contributed by atoms with van der Waals surface area (Å²) in [4.78, 5) is 16.6. The summed E-state index contributed by atoms with van der Waals surface area (Å²) in [6, 6.07) is 7.72. The van der Waals surface area contributed by atoms with Gasteiger partial charge in [-0.25, -0.2) is 19.9 Å². The van der Waals surface area contributed by atoms with Gasteiger partial charge in [-0.15, -0.1) is 0 Å². The van der Waals surface area contributed by atoms with Crippen molar-refractivity contribution < 1.29 is 9.47 Å². The number of rotatable bonds is 4. The van der Waals surface area contributed by atoms with Crippen LogP contribution in [-0.2, 0) is 4.74 Å². The molecule has 0 saturated carbocycles. The highest BCUT2D eigenvalue weighted by atomic mass is 35.5. The van der Waals surface area contributed by atoms with Crippen LogP contribution in [0, 0.1) is 0 Å². The minimum Gasteiger partial charge on any atom is -0.491 e. The molecule has 1 aliphatic heterocycles. The lowest BCUT2D eigenvalue weighted by molar-refractivity contribution is -0.0156. The maximum atomic E-state index is 6.17. The summed E-state index contributed by atoms with van der Waals surface area (Å²) in [5.41, 5.74) is 1.65. The van der Waals surface area contributed by atoms with Gasteiger partial charge in [0.05, 0.1) is 17.0 Å². The lowest BCUT2D eigenvalue weighted by Gasteiger charge is -2.16. The molecular formula is C19H16ClN5O2. The van der Waals surface area contributed by atoms with Gasteiger partial charge in [0.1, 0.15) is 42.0 Å². The van der Waals surface area contributed by atoms with Crippen molar-refractivity contribution in [2.24, 2.45) is 0 Å². The van der Waals surface area contributed by atoms with Crippen LogP contribution in [0.15, 0.2) is 49.3 Å². The fourth-order valence-corrected chi connectivity index (χ4v) is 3.61. The summed E-state index contributed by atoms with van der Waals surface area (Å²) in [7, 11) is 0. The third kappa shape index (κ3) is 3.09. The number of benzene rings is 1. The smallest absolute Gasteiger partial charge is 0.146 e. The molecule has 0 radical (unpaired) electrons. The predicted molar refractivity (Wildman–Crippen MR) is 101 cm³/mol. The van der Waals surface area contributed by atoms with Gasteiger partial charge in [-0.3, -0.25) is 0 Å². The molecule has 1 aliphatic rings. The highest BCUT2D eigenvalue weighted by Crippen LogP contribution is 2.32. The van der Waals surface area contributed by atoms with E-state index in [1.54, 1.807) is 6.20 Å². The van der Waals surface area contributed by atoms with E-state index in [1.807, 2.05) is 35.0 Å². The fourth-order valence-electron chi connectivity index (χ4n) is 3.42. The van der Waals surface area contributed by atoms with E-state index in [0.717, 1.165) is 40.5 Å². The molecule has 0 unspecified atom stereocenters. The van der Waals surface area contributed by atoms with E-state index in [9.17, 15) is 0 Å². The summed E-state index contributed by atoms with van der Waals surface area (Å²) < 4.78 is 14.1. The molecule has 0 amide bonds. The first-order valence-electron chi connectivity index (χ1n) is 8.73. The number of ether oxygens (including phenoxy) is 2. The van der Waals surface area contributed by atoms with Crippen LogP contribution in [0.4, 0.5) is 0 Å². The van der Waals surface area contributed by atoms with Crippen molar-refractivity contribution in [1.29, 1.82) is 0 Å². The zero-order chi connectivity index (χ0) is 18.2. The molecule has 3 aromatic heterocycles. The molecule has 2 atom stereocenters. The van der Waals surface area contributed by atoms with Crippen LogP contribution in [0.25, 0.3) is 21.9 Å². The van der Waals surface area contributed by atoms with Gasteiger partial charge in [-0.1, -0.05) is 11.6 Å². The van der Waals surface area contributed by atoms with Crippen LogP contribution < -0.4 is 4.74 Å². The SMILES string of the molecule is Clc1ncnc2c1ccn2[C@H]1CC[C@@H](COc2ccc3cncnc3c2)O1. The lowest BCUT2D eigenvalue weighted by Crippen LogP contribution is -2.18. The Bertz CT molecular complexity index is 1120. The van der Waals surface area contributed by atoms with Crippen molar-refractivity contribution in [3.63, 3.8) is 0 Å². The molecule has 27 heavy (non-hydrogen) atoms. The molecule has 4 aromatic rings. The van der Waals surface area contributed by atoms with Gasteiger partial charge < -0.3 is 14.0 Å². The van der Waals surface area contributed by atoms with Crippen LogP contribution in [0.3, 0.4) is 0 Å². The monoisotopic (exact) mass is 381 g/mol. The molecule has 0 spiro atoms. The first-order valence-corrected chi connectivity index (χ1v) is 9.11. The largest absolute Gasteiger partial charge is 0.491 e. The Hall–Kier alpha value is -2.77. The molecule has 0 bridgehead atoms. The zero-order valence-corrected chi connectivity index (χ0v) is 15.1. The lowest BCUT2D eigenvalue weighted by atomic mass is 10.2. The first-order chi connectivity index (χ1) is 13.3. The van der Waals surface area contributed by atoms with Crippen molar-refractivity contribution in [3.05, 3.63) is 54.5 Å². The Balaban J connectivity index is 1.27. The van der Waals surface area contributed by atoms with Gasteiger partial charge >= 0.3 is 0 Å². The normalized spacial score (nSPS) is 19.7. The molecule has 1 fully saturated rings. The summed E-state index contributed by atoms with van der Waals surface area (Å²) in [5.74, 6) is 0.777. The molecule has 8 heteroatoms. The van der Waals surface area contributed by atoms with E-state index in [4.69, 9.17) is 21.1 Å². The summed E-state index contributed by atoms with van der Waals surface area (Å²) in [6.07, 6.45) is 8.49. The number of halogens is 1. The predicted octanol–water partition coefficient (Wildman–Crippen LogP) is 3.78. The van der Waals surface area contributed by atoms with E-state index in [0.29, 0.717) is 11.8 Å². The average molecular weight is 382 g/mol. The van der Waals surface area contributed by atoms with E-state index in [-0.39, 0.29) is 12.3 Å². The molecule has 0 aliphatic carbocycles. The molecule has 0 N–H and O–H groups in total. The number of hydrogen-bond acceptors (Lipinski definition) is 6. The van der Waals surface area contributed by atoms with Gasteiger partial charge in [0.15, 0.2) is 0 Å². The molecule has 1 aromatic carbocycles. The van der Waals surface area contributed by atoms with E-state index >= 15 is 0 Å². The van der Waals surface area contributed by atoms with Crippen molar-refractivity contribution in [2.45, 2.75) is 25.2 Å².